The number of hydrogen-bond acceptors (Lipinski definition) is 2. The third-order valence-corrected chi connectivity index (χ3v) is 3.99. The molecular formula is C14H21BrN2. The summed E-state index contributed by atoms with van der Waals surface area (Å²) in [5.41, 5.74) is 1.17. The van der Waals surface area contributed by atoms with Crippen LogP contribution >= 0.6 is 15.9 Å². The Morgan fingerprint density at radius 1 is 1.53 bits per heavy atom. The normalized spacial score (nSPS) is 17.1. The molecule has 1 aromatic rings. The highest BCUT2D eigenvalue weighted by molar-refractivity contribution is 9.10. The maximum atomic E-state index is 4.52. The number of pyridine rings is 1. The lowest BCUT2D eigenvalue weighted by molar-refractivity contribution is 0.459. The van der Waals surface area contributed by atoms with Crippen molar-refractivity contribution in [3.8, 4) is 0 Å². The molecule has 3 heteroatoms. The molecule has 1 aromatic heterocycles. The first-order valence-corrected chi connectivity index (χ1v) is 7.44. The largest absolute Gasteiger partial charge is 0.309 e. The average molecular weight is 297 g/mol. The summed E-state index contributed by atoms with van der Waals surface area (Å²) in [6.07, 6.45) is 8.47. The molecule has 1 N–H and O–H groups in total. The van der Waals surface area contributed by atoms with Gasteiger partial charge in [0, 0.05) is 10.7 Å². The van der Waals surface area contributed by atoms with Gasteiger partial charge in [0.1, 0.15) is 0 Å². The number of rotatable bonds is 7. The highest BCUT2D eigenvalue weighted by atomic mass is 79.9. The lowest BCUT2D eigenvalue weighted by Gasteiger charge is -2.19. The molecule has 17 heavy (non-hydrogen) atoms. The summed E-state index contributed by atoms with van der Waals surface area (Å²) < 4.78 is 1.13. The molecule has 94 valence electrons. The number of aromatic nitrogens is 1. The first kappa shape index (κ1) is 13.0. The van der Waals surface area contributed by atoms with Crippen LogP contribution in [0.15, 0.2) is 22.8 Å². The van der Waals surface area contributed by atoms with Gasteiger partial charge >= 0.3 is 0 Å². The predicted molar refractivity (Wildman–Crippen MR) is 74.9 cm³/mol. The van der Waals surface area contributed by atoms with Gasteiger partial charge in [-0.1, -0.05) is 19.8 Å². The molecule has 0 saturated heterocycles. The minimum Gasteiger partial charge on any atom is -0.309 e. The Morgan fingerprint density at radius 2 is 2.35 bits per heavy atom. The van der Waals surface area contributed by atoms with Crippen LogP contribution in [0.5, 0.6) is 0 Å². The minimum atomic E-state index is 0.408. The molecular weight excluding hydrogens is 276 g/mol. The summed E-state index contributed by atoms with van der Waals surface area (Å²) in [5.74, 6) is 0.989. The Kier molecular flexibility index (Phi) is 4.99. The zero-order chi connectivity index (χ0) is 12.1. The molecule has 2 rings (SSSR count). The second kappa shape index (κ2) is 6.50. The Balaban J connectivity index is 1.99. The van der Waals surface area contributed by atoms with Crippen LogP contribution in [-0.2, 0) is 0 Å². The summed E-state index contributed by atoms with van der Waals surface area (Å²) in [5, 5.41) is 3.62. The maximum Gasteiger partial charge on any atom is 0.0714 e. The van der Waals surface area contributed by atoms with Gasteiger partial charge < -0.3 is 5.32 Å². The molecule has 0 aliphatic heterocycles. The van der Waals surface area contributed by atoms with Gasteiger partial charge in [-0.2, -0.15) is 0 Å². The number of halogens is 1. The number of nitrogens with one attached hydrogen (secondary N) is 1. The van der Waals surface area contributed by atoms with E-state index in [1.807, 2.05) is 12.3 Å². The summed E-state index contributed by atoms with van der Waals surface area (Å²) >= 11 is 3.61. The second-order valence-corrected chi connectivity index (χ2v) is 5.75. The topological polar surface area (TPSA) is 24.9 Å². The first-order valence-electron chi connectivity index (χ1n) is 6.65. The van der Waals surface area contributed by atoms with E-state index in [2.05, 4.69) is 39.2 Å². The summed E-state index contributed by atoms with van der Waals surface area (Å²) in [6.45, 7) is 3.27. The van der Waals surface area contributed by atoms with Crippen LogP contribution in [0.4, 0.5) is 0 Å². The summed E-state index contributed by atoms with van der Waals surface area (Å²) in [7, 11) is 0. The fourth-order valence-electron chi connectivity index (χ4n) is 2.12. The van der Waals surface area contributed by atoms with Crippen molar-refractivity contribution in [2.45, 2.75) is 45.1 Å². The average Bonchev–Trinajstić information content (AvgIpc) is 3.15. The zero-order valence-corrected chi connectivity index (χ0v) is 12.0. The molecule has 1 heterocycles. The van der Waals surface area contributed by atoms with E-state index in [9.17, 15) is 0 Å². The lowest BCUT2D eigenvalue weighted by atomic mass is 10.0. The molecule has 1 unspecified atom stereocenters. The highest BCUT2D eigenvalue weighted by Gasteiger charge is 2.24. The molecule has 2 nitrogen and oxygen atoms in total. The van der Waals surface area contributed by atoms with Gasteiger partial charge in [0.05, 0.1) is 11.7 Å². The van der Waals surface area contributed by atoms with Crippen LogP contribution < -0.4 is 5.32 Å². The van der Waals surface area contributed by atoms with E-state index in [4.69, 9.17) is 0 Å². The van der Waals surface area contributed by atoms with E-state index in [1.165, 1.54) is 37.8 Å². The van der Waals surface area contributed by atoms with Crippen molar-refractivity contribution in [2.24, 2.45) is 5.92 Å². The van der Waals surface area contributed by atoms with Gasteiger partial charge in [0.2, 0.25) is 0 Å². The summed E-state index contributed by atoms with van der Waals surface area (Å²) in [6, 6.07) is 4.47. The quantitative estimate of drug-likeness (QED) is 0.820. The Hall–Kier alpha value is -0.410. The van der Waals surface area contributed by atoms with Gasteiger partial charge in [0.15, 0.2) is 0 Å². The molecule has 1 aliphatic carbocycles. The zero-order valence-electron chi connectivity index (χ0n) is 10.5. The van der Waals surface area contributed by atoms with Gasteiger partial charge in [0.25, 0.3) is 0 Å². The Bertz CT molecular complexity index is 350. The molecule has 0 aromatic carbocycles. The van der Waals surface area contributed by atoms with Gasteiger partial charge in [-0.25, -0.2) is 0 Å². The van der Waals surface area contributed by atoms with Crippen LogP contribution in [0.2, 0.25) is 0 Å². The fraction of sp³-hybridized carbons (Fsp3) is 0.643. The van der Waals surface area contributed by atoms with Crippen LogP contribution in [-0.4, -0.2) is 11.5 Å². The summed E-state index contributed by atoms with van der Waals surface area (Å²) in [4.78, 5) is 4.52. The van der Waals surface area contributed by atoms with Crippen LogP contribution in [0.25, 0.3) is 0 Å². The van der Waals surface area contributed by atoms with E-state index in [1.54, 1.807) is 0 Å². The Labute approximate surface area is 112 Å². The van der Waals surface area contributed by atoms with Gasteiger partial charge in [-0.15, -0.1) is 0 Å². The van der Waals surface area contributed by atoms with Gasteiger partial charge in [-0.3, -0.25) is 4.98 Å². The monoisotopic (exact) mass is 296 g/mol. The standard InChI is InChI=1S/C14H21BrN2/c1-2-9-16-13(8-7-11-5-6-11)14-12(15)4-3-10-17-14/h3-4,10-11,13,16H,2,5-9H2,1H3. The molecule has 0 spiro atoms. The number of nitrogens with zero attached hydrogens (tertiary/aromatic N) is 1. The van der Waals surface area contributed by atoms with Crippen molar-refractivity contribution in [2.75, 3.05) is 6.54 Å². The van der Waals surface area contributed by atoms with Gasteiger partial charge in [-0.05, 0) is 59.8 Å². The van der Waals surface area contributed by atoms with Crippen molar-refractivity contribution in [3.63, 3.8) is 0 Å². The van der Waals surface area contributed by atoms with E-state index < -0.39 is 0 Å². The Morgan fingerprint density at radius 3 is 3.00 bits per heavy atom. The van der Waals surface area contributed by atoms with Crippen LogP contribution in [0.3, 0.4) is 0 Å². The second-order valence-electron chi connectivity index (χ2n) is 4.90. The SMILES string of the molecule is CCCNC(CCC1CC1)c1ncccc1Br. The molecule has 1 atom stereocenters. The lowest BCUT2D eigenvalue weighted by Crippen LogP contribution is -2.23. The molecule has 1 aliphatic rings. The van der Waals surface area contributed by atoms with Crippen molar-refractivity contribution in [1.29, 1.82) is 0 Å². The van der Waals surface area contributed by atoms with Crippen molar-refractivity contribution in [3.05, 3.63) is 28.5 Å². The van der Waals surface area contributed by atoms with E-state index in [0.29, 0.717) is 6.04 Å². The smallest absolute Gasteiger partial charge is 0.0714 e. The van der Waals surface area contributed by atoms with Crippen LogP contribution in [0.1, 0.15) is 50.8 Å². The van der Waals surface area contributed by atoms with Crippen molar-refractivity contribution in [1.82, 2.24) is 10.3 Å². The van der Waals surface area contributed by atoms with E-state index >= 15 is 0 Å². The highest BCUT2D eigenvalue weighted by Crippen LogP contribution is 2.36. The molecule has 0 bridgehead atoms. The molecule has 0 amide bonds. The maximum absolute atomic E-state index is 4.52. The molecule has 1 saturated carbocycles. The third-order valence-electron chi connectivity index (χ3n) is 3.32. The van der Waals surface area contributed by atoms with Crippen molar-refractivity contribution >= 4 is 15.9 Å². The van der Waals surface area contributed by atoms with E-state index in [-0.39, 0.29) is 0 Å². The first-order chi connectivity index (χ1) is 8.31. The van der Waals surface area contributed by atoms with E-state index in [0.717, 1.165) is 16.9 Å². The molecule has 1 fully saturated rings. The third kappa shape index (κ3) is 4.07. The minimum absolute atomic E-state index is 0.408. The number of hydrogen-bond donors (Lipinski definition) is 1. The van der Waals surface area contributed by atoms with Crippen LogP contribution in [0, 0.1) is 5.92 Å². The predicted octanol–water partition coefficient (Wildman–Crippen LogP) is 4.08. The molecule has 0 radical (unpaired) electrons. The van der Waals surface area contributed by atoms with Crippen molar-refractivity contribution < 1.29 is 0 Å². The fourth-order valence-corrected chi connectivity index (χ4v) is 2.65.